The lowest BCUT2D eigenvalue weighted by Crippen LogP contribution is -2.35. The Labute approximate surface area is 170 Å². The maximum atomic E-state index is 4.85. The summed E-state index contributed by atoms with van der Waals surface area (Å²) < 4.78 is 0. The van der Waals surface area contributed by atoms with E-state index >= 15 is 0 Å². The molecule has 1 aliphatic heterocycles. The van der Waals surface area contributed by atoms with E-state index in [0.29, 0.717) is 0 Å². The Morgan fingerprint density at radius 1 is 1.11 bits per heavy atom. The number of aryl methyl sites for hydroxylation is 3. The van der Waals surface area contributed by atoms with Crippen LogP contribution in [0, 0.1) is 20.8 Å². The second kappa shape index (κ2) is 8.10. The SMILES string of the molecule is Cc1ccc(-c2csc(Cc3nc(C)c(NC4=NCCCN4)cc3C)n2)cc1. The number of thiazole rings is 1. The molecule has 0 saturated heterocycles. The van der Waals surface area contributed by atoms with E-state index in [0.717, 1.165) is 70.8 Å². The highest BCUT2D eigenvalue weighted by Gasteiger charge is 2.12. The summed E-state index contributed by atoms with van der Waals surface area (Å²) in [6.45, 7) is 8.07. The standard InChI is InChI=1S/C22H25N5S/c1-14-5-7-17(8-6-14)20-13-28-21(26-20)12-18-15(2)11-19(16(3)25-18)27-22-23-9-4-10-24-22/h5-8,11,13H,4,9-10,12H2,1-3H3,(H2,23,24,27). The summed E-state index contributed by atoms with van der Waals surface area (Å²) in [7, 11) is 0. The van der Waals surface area contributed by atoms with E-state index in [-0.39, 0.29) is 0 Å². The largest absolute Gasteiger partial charge is 0.356 e. The summed E-state index contributed by atoms with van der Waals surface area (Å²) in [6.07, 6.45) is 1.83. The van der Waals surface area contributed by atoms with Gasteiger partial charge in [0.15, 0.2) is 5.96 Å². The number of hydrogen-bond donors (Lipinski definition) is 2. The number of rotatable bonds is 4. The Balaban J connectivity index is 1.51. The monoisotopic (exact) mass is 391 g/mol. The van der Waals surface area contributed by atoms with Crippen molar-refractivity contribution in [1.82, 2.24) is 15.3 Å². The van der Waals surface area contributed by atoms with Crippen LogP contribution in [0.3, 0.4) is 0 Å². The predicted octanol–water partition coefficient (Wildman–Crippen LogP) is 4.48. The zero-order chi connectivity index (χ0) is 19.5. The normalized spacial score (nSPS) is 13.8. The number of aromatic nitrogens is 2. The quantitative estimate of drug-likeness (QED) is 0.688. The maximum Gasteiger partial charge on any atom is 0.195 e. The second-order valence-electron chi connectivity index (χ2n) is 7.19. The molecule has 0 saturated carbocycles. The minimum atomic E-state index is 0.753. The van der Waals surface area contributed by atoms with E-state index in [1.807, 2.05) is 6.92 Å². The van der Waals surface area contributed by atoms with Crippen molar-refractivity contribution >= 4 is 23.0 Å². The van der Waals surface area contributed by atoms with E-state index in [4.69, 9.17) is 9.97 Å². The predicted molar refractivity (Wildman–Crippen MR) is 117 cm³/mol. The Morgan fingerprint density at radius 2 is 1.93 bits per heavy atom. The summed E-state index contributed by atoms with van der Waals surface area (Å²) in [4.78, 5) is 14.2. The fourth-order valence-electron chi connectivity index (χ4n) is 3.20. The van der Waals surface area contributed by atoms with Gasteiger partial charge in [-0.25, -0.2) is 4.98 Å². The molecule has 1 aliphatic rings. The number of guanidine groups is 1. The van der Waals surface area contributed by atoms with Crippen molar-refractivity contribution in [2.45, 2.75) is 33.6 Å². The van der Waals surface area contributed by atoms with Crippen molar-refractivity contribution in [3.63, 3.8) is 0 Å². The van der Waals surface area contributed by atoms with Gasteiger partial charge in [0.2, 0.25) is 0 Å². The molecule has 0 amide bonds. The molecular formula is C22H25N5S. The summed E-state index contributed by atoms with van der Waals surface area (Å²) in [5.74, 6) is 0.839. The van der Waals surface area contributed by atoms with Gasteiger partial charge in [0.1, 0.15) is 0 Å². The number of nitrogens with zero attached hydrogens (tertiary/aromatic N) is 3. The summed E-state index contributed by atoms with van der Waals surface area (Å²) >= 11 is 1.69. The van der Waals surface area contributed by atoms with Crippen LogP contribution in [0.5, 0.6) is 0 Å². The third-order valence-corrected chi connectivity index (χ3v) is 5.73. The molecule has 0 bridgehead atoms. The first-order chi connectivity index (χ1) is 13.6. The molecule has 2 aromatic heterocycles. The first-order valence-electron chi connectivity index (χ1n) is 9.62. The molecule has 2 N–H and O–H groups in total. The molecule has 6 heteroatoms. The minimum Gasteiger partial charge on any atom is -0.356 e. The first-order valence-corrected chi connectivity index (χ1v) is 10.5. The number of pyridine rings is 1. The van der Waals surface area contributed by atoms with Crippen LogP contribution in [-0.4, -0.2) is 29.0 Å². The van der Waals surface area contributed by atoms with E-state index in [9.17, 15) is 0 Å². The number of hydrogen-bond acceptors (Lipinski definition) is 6. The Hall–Kier alpha value is -2.73. The van der Waals surface area contributed by atoms with Crippen LogP contribution in [0.4, 0.5) is 5.69 Å². The molecule has 0 fully saturated rings. The van der Waals surface area contributed by atoms with E-state index < -0.39 is 0 Å². The van der Waals surface area contributed by atoms with Gasteiger partial charge in [-0.3, -0.25) is 9.98 Å². The lowest BCUT2D eigenvalue weighted by Gasteiger charge is -2.18. The molecule has 144 valence electrons. The maximum absolute atomic E-state index is 4.85. The van der Waals surface area contributed by atoms with Crippen molar-refractivity contribution in [2.75, 3.05) is 18.4 Å². The van der Waals surface area contributed by atoms with Gasteiger partial charge in [0.25, 0.3) is 0 Å². The van der Waals surface area contributed by atoms with Crippen molar-refractivity contribution in [3.8, 4) is 11.3 Å². The van der Waals surface area contributed by atoms with Gasteiger partial charge in [-0.1, -0.05) is 29.8 Å². The zero-order valence-electron chi connectivity index (χ0n) is 16.5. The van der Waals surface area contributed by atoms with Crippen LogP contribution < -0.4 is 10.6 Å². The third-order valence-electron chi connectivity index (χ3n) is 4.88. The number of aliphatic imine (C=N–C) groups is 1. The summed E-state index contributed by atoms with van der Waals surface area (Å²) in [5, 5.41) is 9.89. The second-order valence-corrected chi connectivity index (χ2v) is 8.13. The number of benzene rings is 1. The van der Waals surface area contributed by atoms with Crippen LogP contribution in [0.15, 0.2) is 40.7 Å². The van der Waals surface area contributed by atoms with E-state index in [1.165, 1.54) is 5.56 Å². The Kier molecular flexibility index (Phi) is 5.39. The average molecular weight is 392 g/mol. The Morgan fingerprint density at radius 3 is 2.68 bits per heavy atom. The molecule has 0 unspecified atom stereocenters. The van der Waals surface area contributed by atoms with Gasteiger partial charge in [-0.2, -0.15) is 0 Å². The highest BCUT2D eigenvalue weighted by Crippen LogP contribution is 2.25. The lowest BCUT2D eigenvalue weighted by atomic mass is 10.1. The van der Waals surface area contributed by atoms with Crippen molar-refractivity contribution in [3.05, 3.63) is 63.2 Å². The molecule has 3 heterocycles. The molecule has 0 atom stereocenters. The van der Waals surface area contributed by atoms with Crippen LogP contribution in [-0.2, 0) is 6.42 Å². The highest BCUT2D eigenvalue weighted by molar-refractivity contribution is 7.10. The lowest BCUT2D eigenvalue weighted by molar-refractivity contribution is 0.740. The molecule has 3 aromatic rings. The average Bonchev–Trinajstić information content (AvgIpc) is 3.16. The molecule has 1 aromatic carbocycles. The molecule has 0 aliphatic carbocycles. The smallest absolute Gasteiger partial charge is 0.195 e. The van der Waals surface area contributed by atoms with Crippen LogP contribution in [0.25, 0.3) is 11.3 Å². The summed E-state index contributed by atoms with van der Waals surface area (Å²) in [6, 6.07) is 10.7. The van der Waals surface area contributed by atoms with E-state index in [1.54, 1.807) is 11.3 Å². The zero-order valence-corrected chi connectivity index (χ0v) is 17.4. The van der Waals surface area contributed by atoms with Gasteiger partial charge < -0.3 is 10.6 Å². The minimum absolute atomic E-state index is 0.753. The van der Waals surface area contributed by atoms with Crippen LogP contribution in [0.2, 0.25) is 0 Å². The van der Waals surface area contributed by atoms with Crippen LogP contribution in [0.1, 0.15) is 33.9 Å². The van der Waals surface area contributed by atoms with Gasteiger partial charge in [0, 0.05) is 30.5 Å². The van der Waals surface area contributed by atoms with Gasteiger partial charge >= 0.3 is 0 Å². The van der Waals surface area contributed by atoms with Crippen molar-refractivity contribution in [1.29, 1.82) is 0 Å². The topological polar surface area (TPSA) is 62.2 Å². The molecular weight excluding hydrogens is 366 g/mol. The molecule has 5 nitrogen and oxygen atoms in total. The Bertz CT molecular complexity index is 1000. The summed E-state index contributed by atoms with van der Waals surface area (Å²) in [5.41, 5.74) is 7.68. The van der Waals surface area contributed by atoms with Gasteiger partial charge in [-0.05, 0) is 38.8 Å². The highest BCUT2D eigenvalue weighted by atomic mass is 32.1. The molecule has 0 spiro atoms. The van der Waals surface area contributed by atoms with Crippen molar-refractivity contribution in [2.24, 2.45) is 4.99 Å². The molecule has 4 rings (SSSR count). The van der Waals surface area contributed by atoms with Gasteiger partial charge in [0.05, 0.1) is 27.8 Å². The first kappa shape index (κ1) is 18.6. The third kappa shape index (κ3) is 4.22. The molecule has 28 heavy (non-hydrogen) atoms. The number of nitrogens with one attached hydrogen (secondary N) is 2. The number of anilines is 1. The fraction of sp³-hybridized carbons (Fsp3) is 0.318. The van der Waals surface area contributed by atoms with Gasteiger partial charge in [-0.15, -0.1) is 11.3 Å². The fourth-order valence-corrected chi connectivity index (χ4v) is 4.00. The van der Waals surface area contributed by atoms with Crippen molar-refractivity contribution < 1.29 is 0 Å². The molecule has 0 radical (unpaired) electrons. The van der Waals surface area contributed by atoms with Crippen LogP contribution >= 0.6 is 11.3 Å². The van der Waals surface area contributed by atoms with E-state index in [2.05, 4.69) is 65.2 Å².